The van der Waals surface area contributed by atoms with Crippen molar-refractivity contribution in [3.8, 4) is 0 Å². The van der Waals surface area contributed by atoms with Crippen LogP contribution in [0.15, 0.2) is 28.6 Å². The Balaban J connectivity index is 0.000000347. The molecule has 0 radical (unpaired) electrons. The van der Waals surface area contributed by atoms with Gasteiger partial charge in [-0.2, -0.15) is 0 Å². The van der Waals surface area contributed by atoms with Crippen LogP contribution in [0.1, 0.15) is 72.1 Å². The fraction of sp³-hybridized carbons (Fsp3) is 0.625. The SMILES string of the molecule is CCCCN(CCCC)CCCC.COC(=O)CCC(=O)OSc1nc2ccccc2s1. The van der Waals surface area contributed by atoms with Crippen molar-refractivity contribution in [2.24, 2.45) is 0 Å². The van der Waals surface area contributed by atoms with Gasteiger partial charge < -0.3 is 13.8 Å². The fourth-order valence-corrected chi connectivity index (χ4v) is 4.38. The maximum atomic E-state index is 11.4. The lowest BCUT2D eigenvalue weighted by Crippen LogP contribution is -2.27. The molecule has 180 valence electrons. The highest BCUT2D eigenvalue weighted by molar-refractivity contribution is 7.97. The number of rotatable bonds is 14. The van der Waals surface area contributed by atoms with Crippen LogP contribution in [0, 0.1) is 0 Å². The number of nitrogens with zero attached hydrogens (tertiary/aromatic N) is 2. The number of para-hydroxylation sites is 1. The molecule has 0 aliphatic heterocycles. The second-order valence-corrected chi connectivity index (χ2v) is 9.47. The van der Waals surface area contributed by atoms with Crippen LogP contribution < -0.4 is 0 Å². The molecule has 0 amide bonds. The first-order valence-electron chi connectivity index (χ1n) is 11.6. The number of ether oxygens (including phenoxy) is 1. The molecule has 0 spiro atoms. The van der Waals surface area contributed by atoms with Gasteiger partial charge in [-0.25, -0.2) is 4.98 Å². The minimum Gasteiger partial charge on any atom is -0.469 e. The van der Waals surface area contributed by atoms with Crippen LogP contribution in [0.5, 0.6) is 0 Å². The number of hydrogen-bond acceptors (Lipinski definition) is 8. The van der Waals surface area contributed by atoms with Crippen LogP contribution in [0.2, 0.25) is 0 Å². The number of carbonyl (C=O) groups is 2. The summed E-state index contributed by atoms with van der Waals surface area (Å²) >= 11 is 2.37. The van der Waals surface area contributed by atoms with Gasteiger partial charge in [0.1, 0.15) is 12.0 Å². The van der Waals surface area contributed by atoms with E-state index in [4.69, 9.17) is 4.18 Å². The zero-order valence-corrected chi connectivity index (χ0v) is 21.6. The van der Waals surface area contributed by atoms with Gasteiger partial charge in [0.05, 0.1) is 30.2 Å². The summed E-state index contributed by atoms with van der Waals surface area (Å²) in [6.07, 6.45) is 8.12. The van der Waals surface area contributed by atoms with E-state index in [1.54, 1.807) is 0 Å². The van der Waals surface area contributed by atoms with Gasteiger partial charge in [0.2, 0.25) is 0 Å². The zero-order valence-electron chi connectivity index (χ0n) is 19.9. The van der Waals surface area contributed by atoms with Crippen LogP contribution >= 0.6 is 23.4 Å². The van der Waals surface area contributed by atoms with Gasteiger partial charge in [-0.05, 0) is 51.0 Å². The van der Waals surface area contributed by atoms with Crippen molar-refractivity contribution in [1.82, 2.24) is 9.88 Å². The number of benzene rings is 1. The van der Waals surface area contributed by atoms with Crippen LogP contribution in [0.3, 0.4) is 0 Å². The maximum Gasteiger partial charge on any atom is 0.318 e. The van der Waals surface area contributed by atoms with Crippen LogP contribution in [0.25, 0.3) is 10.2 Å². The number of aromatic nitrogens is 1. The Kier molecular flexibility index (Phi) is 15.8. The topological polar surface area (TPSA) is 68.7 Å². The molecule has 2 rings (SSSR count). The minimum absolute atomic E-state index is 0.00453. The van der Waals surface area contributed by atoms with Gasteiger partial charge in [-0.1, -0.05) is 52.2 Å². The Hall–Kier alpha value is -1.64. The van der Waals surface area contributed by atoms with Gasteiger partial charge in [0, 0.05) is 0 Å². The first kappa shape index (κ1) is 28.4. The molecule has 0 unspecified atom stereocenters. The number of carbonyl (C=O) groups excluding carboxylic acids is 2. The number of thiazole rings is 1. The monoisotopic (exact) mass is 482 g/mol. The predicted molar refractivity (Wildman–Crippen MR) is 134 cm³/mol. The van der Waals surface area contributed by atoms with Crippen LogP contribution in [-0.4, -0.2) is 48.6 Å². The molecule has 0 saturated heterocycles. The lowest BCUT2D eigenvalue weighted by atomic mass is 10.2. The molecule has 0 N–H and O–H groups in total. The highest BCUT2D eigenvalue weighted by Crippen LogP contribution is 2.30. The largest absolute Gasteiger partial charge is 0.469 e. The van der Waals surface area contributed by atoms with Crippen LogP contribution in [0.4, 0.5) is 0 Å². The Morgan fingerprint density at radius 1 is 0.938 bits per heavy atom. The summed E-state index contributed by atoms with van der Waals surface area (Å²) < 4.78 is 11.1. The molecule has 8 heteroatoms. The Bertz CT molecular complexity index is 730. The smallest absolute Gasteiger partial charge is 0.318 e. The molecular weight excluding hydrogens is 444 g/mol. The zero-order chi connectivity index (χ0) is 23.6. The van der Waals surface area contributed by atoms with E-state index < -0.39 is 11.9 Å². The molecule has 0 saturated carbocycles. The van der Waals surface area contributed by atoms with Crippen molar-refractivity contribution in [2.75, 3.05) is 26.7 Å². The first-order valence-corrected chi connectivity index (χ1v) is 13.1. The second-order valence-electron chi connectivity index (χ2n) is 7.46. The Morgan fingerprint density at radius 3 is 2.03 bits per heavy atom. The maximum absolute atomic E-state index is 11.4. The van der Waals surface area contributed by atoms with Crippen LogP contribution in [-0.2, 0) is 18.5 Å². The minimum atomic E-state index is -0.463. The van der Waals surface area contributed by atoms with E-state index in [2.05, 4.69) is 35.4 Å². The second kappa shape index (κ2) is 17.9. The third-order valence-corrected chi connectivity index (χ3v) is 6.51. The average molecular weight is 483 g/mol. The number of hydrogen-bond donors (Lipinski definition) is 0. The van der Waals surface area contributed by atoms with E-state index in [-0.39, 0.29) is 12.8 Å². The number of esters is 1. The van der Waals surface area contributed by atoms with Crippen molar-refractivity contribution in [3.63, 3.8) is 0 Å². The standard InChI is InChI=1S/C12H11NO4S2.C12H27N/c1-16-10(14)6-7-11(15)17-19-12-13-8-4-2-3-5-9(8)18-12;1-4-7-10-13(11-8-5-2)12-9-6-3/h2-5H,6-7H2,1H3;4-12H2,1-3H3. The Morgan fingerprint density at radius 2 is 1.50 bits per heavy atom. The highest BCUT2D eigenvalue weighted by Gasteiger charge is 2.11. The molecule has 0 fully saturated rings. The van der Waals surface area contributed by atoms with Gasteiger partial charge in [-0.3, -0.25) is 9.59 Å². The molecule has 0 atom stereocenters. The summed E-state index contributed by atoms with van der Waals surface area (Å²) in [5.41, 5.74) is 0.876. The van der Waals surface area contributed by atoms with Gasteiger partial charge in [0.15, 0.2) is 4.34 Å². The molecule has 32 heavy (non-hydrogen) atoms. The van der Waals surface area contributed by atoms with Gasteiger partial charge >= 0.3 is 11.9 Å². The summed E-state index contributed by atoms with van der Waals surface area (Å²) in [6.45, 7) is 10.8. The van der Waals surface area contributed by atoms with Crippen molar-refractivity contribution in [1.29, 1.82) is 0 Å². The van der Waals surface area contributed by atoms with Gasteiger partial charge in [-0.15, -0.1) is 11.3 Å². The fourth-order valence-electron chi connectivity index (χ4n) is 2.80. The molecule has 2 aromatic rings. The lowest BCUT2D eigenvalue weighted by Gasteiger charge is -2.21. The highest BCUT2D eigenvalue weighted by atomic mass is 32.2. The van der Waals surface area contributed by atoms with Crippen molar-refractivity contribution in [2.45, 2.75) is 76.5 Å². The van der Waals surface area contributed by atoms with E-state index >= 15 is 0 Å². The quantitative estimate of drug-likeness (QED) is 0.225. The van der Waals surface area contributed by atoms with E-state index in [0.29, 0.717) is 4.34 Å². The number of methoxy groups -OCH3 is 1. The number of unbranched alkanes of at least 4 members (excludes halogenated alkanes) is 3. The van der Waals surface area contributed by atoms with Crippen molar-refractivity contribution in [3.05, 3.63) is 24.3 Å². The summed E-state index contributed by atoms with van der Waals surface area (Å²) in [5, 5.41) is 0. The third-order valence-electron chi connectivity index (χ3n) is 4.72. The molecule has 0 bridgehead atoms. The summed E-state index contributed by atoms with van der Waals surface area (Å²) in [6, 6.07) is 7.68. The van der Waals surface area contributed by atoms with E-state index in [0.717, 1.165) is 22.3 Å². The molecule has 0 aliphatic rings. The summed E-state index contributed by atoms with van der Waals surface area (Å²) in [4.78, 5) is 29.2. The van der Waals surface area contributed by atoms with E-state index in [9.17, 15) is 9.59 Å². The summed E-state index contributed by atoms with van der Waals surface area (Å²) in [5.74, 6) is -0.892. The molecule has 6 nitrogen and oxygen atoms in total. The first-order chi connectivity index (χ1) is 15.5. The number of fused-ring (bicyclic) bond motifs is 1. The third kappa shape index (κ3) is 12.4. The molecular formula is C24H38N2O4S2. The predicted octanol–water partition coefficient (Wildman–Crippen LogP) is 6.49. The molecule has 1 aromatic carbocycles. The van der Waals surface area contributed by atoms with E-state index in [1.165, 1.54) is 76.6 Å². The van der Waals surface area contributed by atoms with E-state index in [1.807, 2.05) is 24.3 Å². The normalized spacial score (nSPS) is 10.7. The van der Waals surface area contributed by atoms with Gasteiger partial charge in [0.25, 0.3) is 0 Å². The average Bonchev–Trinajstić information content (AvgIpc) is 3.24. The molecule has 1 aromatic heterocycles. The van der Waals surface area contributed by atoms with Crippen molar-refractivity contribution < 1.29 is 18.5 Å². The summed E-state index contributed by atoms with van der Waals surface area (Å²) in [7, 11) is 1.28. The Labute approximate surface area is 201 Å². The lowest BCUT2D eigenvalue weighted by molar-refractivity contribution is -0.144. The molecule has 1 heterocycles. The van der Waals surface area contributed by atoms with Crippen molar-refractivity contribution >= 4 is 45.5 Å². The molecule has 0 aliphatic carbocycles.